The molecule has 0 bridgehead atoms. The Kier molecular flexibility index (Phi) is 8.06. The lowest BCUT2D eigenvalue weighted by Crippen LogP contribution is -2.52. The number of nitriles is 1. The summed E-state index contributed by atoms with van der Waals surface area (Å²) in [6, 6.07) is 5.48. The van der Waals surface area contributed by atoms with Crippen molar-refractivity contribution in [2.75, 3.05) is 7.11 Å². The number of hydrogen-bond acceptors (Lipinski definition) is 5. The summed E-state index contributed by atoms with van der Waals surface area (Å²) in [5.74, 6) is -2.10. The van der Waals surface area contributed by atoms with Gasteiger partial charge >= 0.3 is 5.97 Å². The summed E-state index contributed by atoms with van der Waals surface area (Å²) in [6.07, 6.45) is 0.277. The van der Waals surface area contributed by atoms with Gasteiger partial charge in [0.25, 0.3) is 0 Å². The van der Waals surface area contributed by atoms with Gasteiger partial charge < -0.3 is 15.4 Å². The third-order valence-electron chi connectivity index (χ3n) is 3.39. The fourth-order valence-corrected chi connectivity index (χ4v) is 2.18. The van der Waals surface area contributed by atoms with E-state index >= 15 is 0 Å². The molecule has 0 aliphatic rings. The SMILES string of the molecule is COC(=O)[C@@H](CCC#N)NC(=O)[C@@H](Cc1ccc(F)cc1)NC(C)=O. The largest absolute Gasteiger partial charge is 0.467 e. The predicted octanol–water partition coefficient (Wildman–Crippen LogP) is 0.834. The van der Waals surface area contributed by atoms with Gasteiger partial charge in [-0.3, -0.25) is 9.59 Å². The minimum absolute atomic E-state index is 0.0583. The Morgan fingerprint density at radius 1 is 1.20 bits per heavy atom. The first-order valence-electron chi connectivity index (χ1n) is 7.64. The number of rotatable bonds is 8. The maximum Gasteiger partial charge on any atom is 0.328 e. The fourth-order valence-electron chi connectivity index (χ4n) is 2.18. The van der Waals surface area contributed by atoms with Crippen LogP contribution in [-0.2, 0) is 25.5 Å². The van der Waals surface area contributed by atoms with E-state index in [1.807, 2.05) is 6.07 Å². The summed E-state index contributed by atoms with van der Waals surface area (Å²) >= 11 is 0. The third-order valence-corrected chi connectivity index (χ3v) is 3.39. The molecule has 0 saturated heterocycles. The predicted molar refractivity (Wildman–Crippen MR) is 86.5 cm³/mol. The van der Waals surface area contributed by atoms with Gasteiger partial charge in [0, 0.05) is 19.8 Å². The van der Waals surface area contributed by atoms with Crippen molar-refractivity contribution in [2.24, 2.45) is 0 Å². The van der Waals surface area contributed by atoms with Gasteiger partial charge in [0.1, 0.15) is 17.9 Å². The van der Waals surface area contributed by atoms with Crippen LogP contribution in [0.2, 0.25) is 0 Å². The molecule has 8 heteroatoms. The number of ether oxygens (including phenoxy) is 1. The van der Waals surface area contributed by atoms with Crippen LogP contribution in [-0.4, -0.2) is 37.0 Å². The zero-order valence-electron chi connectivity index (χ0n) is 14.0. The van der Waals surface area contributed by atoms with Crippen molar-refractivity contribution in [2.45, 2.75) is 38.3 Å². The van der Waals surface area contributed by atoms with E-state index in [-0.39, 0.29) is 19.3 Å². The molecule has 1 aromatic rings. The number of halogens is 1. The van der Waals surface area contributed by atoms with E-state index in [0.29, 0.717) is 5.56 Å². The first-order chi connectivity index (χ1) is 11.9. The van der Waals surface area contributed by atoms with Crippen LogP contribution in [0.1, 0.15) is 25.3 Å². The smallest absolute Gasteiger partial charge is 0.328 e. The van der Waals surface area contributed by atoms with Crippen molar-refractivity contribution >= 4 is 17.8 Å². The molecule has 0 aliphatic carbocycles. The molecule has 0 aliphatic heterocycles. The number of esters is 1. The van der Waals surface area contributed by atoms with Crippen molar-refractivity contribution < 1.29 is 23.5 Å². The van der Waals surface area contributed by atoms with Gasteiger partial charge in [-0.05, 0) is 24.1 Å². The van der Waals surface area contributed by atoms with E-state index in [0.717, 1.165) is 0 Å². The zero-order valence-corrected chi connectivity index (χ0v) is 14.0. The summed E-state index contributed by atoms with van der Waals surface area (Å²) in [6.45, 7) is 1.26. The van der Waals surface area contributed by atoms with Crippen LogP contribution >= 0.6 is 0 Å². The fraction of sp³-hybridized carbons (Fsp3) is 0.412. The maximum absolute atomic E-state index is 13.0. The Balaban J connectivity index is 2.86. The van der Waals surface area contributed by atoms with Gasteiger partial charge in [-0.15, -0.1) is 0 Å². The van der Waals surface area contributed by atoms with Gasteiger partial charge in [-0.1, -0.05) is 12.1 Å². The van der Waals surface area contributed by atoms with Crippen molar-refractivity contribution in [3.63, 3.8) is 0 Å². The van der Waals surface area contributed by atoms with E-state index in [9.17, 15) is 18.8 Å². The van der Waals surface area contributed by atoms with Crippen LogP contribution in [0.3, 0.4) is 0 Å². The van der Waals surface area contributed by atoms with Crippen LogP contribution in [0.4, 0.5) is 4.39 Å². The highest BCUT2D eigenvalue weighted by atomic mass is 19.1. The molecule has 2 amide bonds. The first-order valence-corrected chi connectivity index (χ1v) is 7.64. The Labute approximate surface area is 145 Å². The standard InChI is InChI=1S/C17H20FN3O4/c1-11(22)20-15(10-12-5-7-13(18)8-6-12)16(23)21-14(4-3-9-19)17(24)25-2/h5-8,14-15H,3-4,10H2,1-2H3,(H,20,22)(H,21,23)/t14-,15-/m1/s1. The average Bonchev–Trinajstić information content (AvgIpc) is 2.58. The second kappa shape index (κ2) is 10.0. The number of methoxy groups -OCH3 is 1. The summed E-state index contributed by atoms with van der Waals surface area (Å²) in [7, 11) is 1.18. The molecule has 0 saturated carbocycles. The highest BCUT2D eigenvalue weighted by Crippen LogP contribution is 2.07. The molecule has 0 unspecified atom stereocenters. The van der Waals surface area contributed by atoms with E-state index < -0.39 is 35.7 Å². The monoisotopic (exact) mass is 349 g/mol. The molecule has 2 atom stereocenters. The minimum Gasteiger partial charge on any atom is -0.467 e. The number of nitrogens with zero attached hydrogens (tertiary/aromatic N) is 1. The second-order valence-corrected chi connectivity index (χ2v) is 5.36. The van der Waals surface area contributed by atoms with E-state index in [4.69, 9.17) is 5.26 Å². The van der Waals surface area contributed by atoms with E-state index in [1.165, 1.54) is 38.3 Å². The molecule has 0 radical (unpaired) electrons. The lowest BCUT2D eigenvalue weighted by molar-refractivity contribution is -0.145. The van der Waals surface area contributed by atoms with Crippen molar-refractivity contribution in [3.8, 4) is 6.07 Å². The number of carbonyl (C=O) groups is 3. The molecular weight excluding hydrogens is 329 g/mol. The molecule has 0 spiro atoms. The zero-order chi connectivity index (χ0) is 18.8. The van der Waals surface area contributed by atoms with Gasteiger partial charge in [0.2, 0.25) is 11.8 Å². The summed E-state index contributed by atoms with van der Waals surface area (Å²) in [5, 5.41) is 13.6. The van der Waals surface area contributed by atoms with Crippen LogP contribution in [0.25, 0.3) is 0 Å². The molecular formula is C17H20FN3O4. The van der Waals surface area contributed by atoms with Gasteiger partial charge in [-0.25, -0.2) is 9.18 Å². The maximum atomic E-state index is 13.0. The average molecular weight is 349 g/mol. The van der Waals surface area contributed by atoms with E-state index in [2.05, 4.69) is 15.4 Å². The lowest BCUT2D eigenvalue weighted by atomic mass is 10.0. The molecule has 1 rings (SSSR count). The number of nitrogens with one attached hydrogen (secondary N) is 2. The summed E-state index contributed by atoms with van der Waals surface area (Å²) in [5.41, 5.74) is 0.641. The highest BCUT2D eigenvalue weighted by Gasteiger charge is 2.26. The number of hydrogen-bond donors (Lipinski definition) is 2. The molecule has 2 N–H and O–H groups in total. The van der Waals surface area contributed by atoms with Gasteiger partial charge in [0.05, 0.1) is 13.2 Å². The Hall–Kier alpha value is -2.95. The molecule has 7 nitrogen and oxygen atoms in total. The molecule has 134 valence electrons. The highest BCUT2D eigenvalue weighted by molar-refractivity contribution is 5.90. The van der Waals surface area contributed by atoms with E-state index in [1.54, 1.807) is 0 Å². The van der Waals surface area contributed by atoms with Crippen molar-refractivity contribution in [1.82, 2.24) is 10.6 Å². The van der Waals surface area contributed by atoms with Crippen molar-refractivity contribution in [3.05, 3.63) is 35.6 Å². The number of benzene rings is 1. The van der Waals surface area contributed by atoms with Crippen LogP contribution in [0.15, 0.2) is 24.3 Å². The Morgan fingerprint density at radius 3 is 2.36 bits per heavy atom. The Morgan fingerprint density at radius 2 is 1.84 bits per heavy atom. The van der Waals surface area contributed by atoms with Crippen LogP contribution in [0, 0.1) is 17.1 Å². The number of amides is 2. The summed E-state index contributed by atoms with van der Waals surface area (Å²) in [4.78, 5) is 35.5. The second-order valence-electron chi connectivity index (χ2n) is 5.36. The topological polar surface area (TPSA) is 108 Å². The Bertz CT molecular complexity index is 655. The third kappa shape index (κ3) is 6.99. The molecule has 0 heterocycles. The molecule has 25 heavy (non-hydrogen) atoms. The first kappa shape index (κ1) is 20.1. The number of carbonyl (C=O) groups excluding carboxylic acids is 3. The normalized spacial score (nSPS) is 12.4. The van der Waals surface area contributed by atoms with Crippen LogP contribution < -0.4 is 10.6 Å². The molecule has 0 aromatic heterocycles. The molecule has 0 fully saturated rings. The summed E-state index contributed by atoms with van der Waals surface area (Å²) < 4.78 is 17.6. The van der Waals surface area contributed by atoms with Crippen LogP contribution in [0.5, 0.6) is 0 Å². The van der Waals surface area contributed by atoms with Gasteiger partial charge in [-0.2, -0.15) is 5.26 Å². The minimum atomic E-state index is -0.985. The quantitative estimate of drug-likeness (QED) is 0.676. The molecule has 1 aromatic carbocycles. The van der Waals surface area contributed by atoms with Crippen molar-refractivity contribution in [1.29, 1.82) is 5.26 Å². The lowest BCUT2D eigenvalue weighted by Gasteiger charge is -2.21. The van der Waals surface area contributed by atoms with Gasteiger partial charge in [0.15, 0.2) is 0 Å².